The maximum atomic E-state index is 3.80. The zero-order chi connectivity index (χ0) is 12.7. The van der Waals surface area contributed by atoms with Crippen LogP contribution in [0.1, 0.15) is 62.4 Å². The van der Waals surface area contributed by atoms with Crippen molar-refractivity contribution in [2.75, 3.05) is 0 Å². The van der Waals surface area contributed by atoms with Crippen molar-refractivity contribution in [3.63, 3.8) is 0 Å². The first-order valence-electron chi connectivity index (χ1n) is 6.90. The van der Waals surface area contributed by atoms with E-state index in [-0.39, 0.29) is 0 Å². The van der Waals surface area contributed by atoms with Crippen molar-refractivity contribution in [3.05, 3.63) is 35.4 Å². The molecule has 0 saturated heterocycles. The number of halogens is 1. The van der Waals surface area contributed by atoms with Gasteiger partial charge in [-0.25, -0.2) is 0 Å². The van der Waals surface area contributed by atoms with Crippen LogP contribution in [0, 0.1) is 5.92 Å². The Bertz CT molecular complexity index is 302. The summed E-state index contributed by atoms with van der Waals surface area (Å²) in [5.41, 5.74) is 2.89. The molecular weight excluding hydrogens is 272 g/mol. The molecule has 1 rings (SSSR count). The molecule has 0 radical (unpaired) electrons. The van der Waals surface area contributed by atoms with Crippen LogP contribution in [0.25, 0.3) is 0 Å². The Kier molecular flexibility index (Phi) is 6.87. The highest BCUT2D eigenvalue weighted by Gasteiger charge is 2.10. The molecule has 1 aromatic rings. The summed E-state index contributed by atoms with van der Waals surface area (Å²) in [6, 6.07) is 9.14. The summed E-state index contributed by atoms with van der Waals surface area (Å²) in [6.07, 6.45) is 6.28. The molecule has 2 atom stereocenters. The van der Waals surface area contributed by atoms with Gasteiger partial charge in [-0.2, -0.15) is 0 Å². The summed E-state index contributed by atoms with van der Waals surface area (Å²) in [5, 5.41) is 0. The minimum absolute atomic E-state index is 0.512. The van der Waals surface area contributed by atoms with Gasteiger partial charge < -0.3 is 0 Å². The van der Waals surface area contributed by atoms with Crippen LogP contribution in [0.5, 0.6) is 0 Å². The van der Waals surface area contributed by atoms with Gasteiger partial charge >= 0.3 is 0 Å². The van der Waals surface area contributed by atoms with Crippen molar-refractivity contribution in [1.29, 1.82) is 0 Å². The van der Waals surface area contributed by atoms with Gasteiger partial charge in [0.2, 0.25) is 0 Å². The van der Waals surface area contributed by atoms with Gasteiger partial charge in [0, 0.05) is 4.83 Å². The molecule has 0 heterocycles. The smallest absolute Gasteiger partial charge is 0.0397 e. The van der Waals surface area contributed by atoms with Crippen LogP contribution in [0.15, 0.2) is 24.3 Å². The number of aryl methyl sites for hydroxylation is 1. The van der Waals surface area contributed by atoms with Gasteiger partial charge in [0.25, 0.3) is 0 Å². The molecule has 96 valence electrons. The minimum Gasteiger partial charge on any atom is -0.0839 e. The van der Waals surface area contributed by atoms with E-state index in [1.165, 1.54) is 43.2 Å². The molecule has 0 fully saturated rings. The first kappa shape index (κ1) is 14.8. The predicted octanol–water partition coefficient (Wildman–Crippen LogP) is 5.90. The molecule has 0 aliphatic carbocycles. The molecule has 0 amide bonds. The average Bonchev–Trinajstić information content (AvgIpc) is 2.36. The normalized spacial score (nSPS) is 14.6. The van der Waals surface area contributed by atoms with Gasteiger partial charge in [-0.15, -0.1) is 0 Å². The lowest BCUT2D eigenvalue weighted by Gasteiger charge is -2.15. The number of unbranched alkanes of at least 4 members (excludes halogenated alkanes) is 1. The van der Waals surface area contributed by atoms with E-state index in [1.54, 1.807) is 0 Å². The maximum Gasteiger partial charge on any atom is 0.0397 e. The van der Waals surface area contributed by atoms with E-state index in [9.17, 15) is 0 Å². The quantitative estimate of drug-likeness (QED) is 0.549. The maximum absolute atomic E-state index is 3.80. The number of hydrogen-bond acceptors (Lipinski definition) is 0. The fourth-order valence-corrected chi connectivity index (χ4v) is 2.87. The number of benzene rings is 1. The minimum atomic E-state index is 0.512. The largest absolute Gasteiger partial charge is 0.0839 e. The molecule has 1 heteroatoms. The Balaban J connectivity index is 2.54. The van der Waals surface area contributed by atoms with E-state index in [4.69, 9.17) is 0 Å². The van der Waals surface area contributed by atoms with Gasteiger partial charge in [0.05, 0.1) is 0 Å². The molecule has 17 heavy (non-hydrogen) atoms. The topological polar surface area (TPSA) is 0 Å². The summed E-state index contributed by atoms with van der Waals surface area (Å²) in [5.74, 6) is 0.791. The standard InChI is InChI=1S/C16H25Br/c1-4-6-7-14-8-10-15(11-9-14)16(17)12-13(3)5-2/h8-11,13,16H,4-7,12H2,1-3H3. The Morgan fingerprint density at radius 1 is 1.12 bits per heavy atom. The lowest BCUT2D eigenvalue weighted by Crippen LogP contribution is -1.98. The fourth-order valence-electron chi connectivity index (χ4n) is 1.93. The van der Waals surface area contributed by atoms with Crippen LogP contribution >= 0.6 is 15.9 Å². The van der Waals surface area contributed by atoms with E-state index in [0.717, 1.165) is 5.92 Å². The molecule has 0 aliphatic rings. The Labute approximate surface area is 115 Å². The van der Waals surface area contributed by atoms with E-state index in [0.29, 0.717) is 4.83 Å². The van der Waals surface area contributed by atoms with Crippen LogP contribution in [-0.2, 0) is 6.42 Å². The van der Waals surface area contributed by atoms with E-state index < -0.39 is 0 Å². The Morgan fingerprint density at radius 2 is 1.76 bits per heavy atom. The molecule has 2 unspecified atom stereocenters. The Hall–Kier alpha value is -0.300. The van der Waals surface area contributed by atoms with Crippen LogP contribution in [0.2, 0.25) is 0 Å². The Morgan fingerprint density at radius 3 is 2.29 bits per heavy atom. The zero-order valence-corrected chi connectivity index (χ0v) is 13.0. The van der Waals surface area contributed by atoms with E-state index in [2.05, 4.69) is 61.0 Å². The van der Waals surface area contributed by atoms with Crippen LogP contribution in [0.3, 0.4) is 0 Å². The number of alkyl halides is 1. The van der Waals surface area contributed by atoms with Crippen LogP contribution in [-0.4, -0.2) is 0 Å². The number of hydrogen-bond donors (Lipinski definition) is 0. The second-order valence-corrected chi connectivity index (χ2v) is 6.17. The van der Waals surface area contributed by atoms with Crippen molar-refractivity contribution in [3.8, 4) is 0 Å². The molecular formula is C16H25Br. The second-order valence-electron chi connectivity index (χ2n) is 5.06. The van der Waals surface area contributed by atoms with Gasteiger partial charge in [0.1, 0.15) is 0 Å². The molecule has 0 aromatic heterocycles. The molecule has 0 aliphatic heterocycles. The van der Waals surface area contributed by atoms with Crippen molar-refractivity contribution in [2.45, 2.75) is 57.7 Å². The van der Waals surface area contributed by atoms with Gasteiger partial charge in [0.15, 0.2) is 0 Å². The lowest BCUT2D eigenvalue weighted by atomic mass is 9.98. The first-order valence-corrected chi connectivity index (χ1v) is 7.81. The summed E-state index contributed by atoms with van der Waals surface area (Å²) in [6.45, 7) is 6.83. The van der Waals surface area contributed by atoms with E-state index >= 15 is 0 Å². The van der Waals surface area contributed by atoms with Crippen molar-refractivity contribution in [2.24, 2.45) is 5.92 Å². The fraction of sp³-hybridized carbons (Fsp3) is 0.625. The van der Waals surface area contributed by atoms with Crippen LogP contribution in [0.4, 0.5) is 0 Å². The lowest BCUT2D eigenvalue weighted by molar-refractivity contribution is 0.514. The molecule has 0 N–H and O–H groups in total. The highest BCUT2D eigenvalue weighted by Crippen LogP contribution is 2.31. The van der Waals surface area contributed by atoms with Crippen molar-refractivity contribution < 1.29 is 0 Å². The first-order chi connectivity index (χ1) is 8.17. The van der Waals surface area contributed by atoms with Crippen molar-refractivity contribution >= 4 is 15.9 Å². The van der Waals surface area contributed by atoms with Gasteiger partial charge in [-0.1, -0.05) is 73.8 Å². The molecule has 0 saturated carbocycles. The third-order valence-corrected chi connectivity index (χ3v) is 4.37. The predicted molar refractivity (Wildman–Crippen MR) is 80.8 cm³/mol. The number of rotatable bonds is 7. The van der Waals surface area contributed by atoms with Crippen molar-refractivity contribution in [1.82, 2.24) is 0 Å². The SMILES string of the molecule is CCCCc1ccc(C(Br)CC(C)CC)cc1. The second kappa shape index (κ2) is 7.92. The average molecular weight is 297 g/mol. The third kappa shape index (κ3) is 5.25. The summed E-state index contributed by atoms with van der Waals surface area (Å²) in [4.78, 5) is 0.512. The van der Waals surface area contributed by atoms with Gasteiger partial charge in [-0.05, 0) is 36.3 Å². The van der Waals surface area contributed by atoms with Gasteiger partial charge in [-0.3, -0.25) is 0 Å². The molecule has 0 bridgehead atoms. The zero-order valence-electron chi connectivity index (χ0n) is 11.4. The molecule has 0 nitrogen and oxygen atoms in total. The van der Waals surface area contributed by atoms with Crippen LogP contribution < -0.4 is 0 Å². The monoisotopic (exact) mass is 296 g/mol. The summed E-state index contributed by atoms with van der Waals surface area (Å²) in [7, 11) is 0. The highest BCUT2D eigenvalue weighted by molar-refractivity contribution is 9.09. The summed E-state index contributed by atoms with van der Waals surface area (Å²) >= 11 is 3.80. The highest BCUT2D eigenvalue weighted by atomic mass is 79.9. The molecule has 1 aromatic carbocycles. The van der Waals surface area contributed by atoms with E-state index in [1.807, 2.05) is 0 Å². The summed E-state index contributed by atoms with van der Waals surface area (Å²) < 4.78 is 0. The third-order valence-electron chi connectivity index (χ3n) is 3.47. The molecule has 0 spiro atoms.